The number of nitrogens with one attached hydrogen (secondary N) is 1. The number of primary amides is 1. The van der Waals surface area contributed by atoms with Gasteiger partial charge >= 0.3 is 0 Å². The standard InChI is InChI=1S/C16H22N6OS/c1-10-8-13(24-21-10)20-16-14(15(17)23)18-9-12(19-16)22(2)11-6-4-3-5-7-11/h8-9,11H,3-7H2,1-2H3,(H2,17,23)(H,19,20). The molecule has 0 aliphatic heterocycles. The van der Waals surface area contributed by atoms with Crippen LogP contribution in [-0.2, 0) is 0 Å². The Balaban J connectivity index is 1.88. The average molecular weight is 346 g/mol. The first-order valence-electron chi connectivity index (χ1n) is 8.14. The van der Waals surface area contributed by atoms with Crippen LogP contribution in [0, 0.1) is 6.92 Å². The fourth-order valence-corrected chi connectivity index (χ4v) is 3.67. The Morgan fingerprint density at radius 2 is 2.12 bits per heavy atom. The van der Waals surface area contributed by atoms with Gasteiger partial charge in [0.1, 0.15) is 10.8 Å². The molecule has 0 atom stereocenters. The summed E-state index contributed by atoms with van der Waals surface area (Å²) in [5.74, 6) is 0.528. The van der Waals surface area contributed by atoms with Gasteiger partial charge in [0.15, 0.2) is 11.5 Å². The topological polar surface area (TPSA) is 97.0 Å². The summed E-state index contributed by atoms with van der Waals surface area (Å²) in [5, 5.41) is 3.93. The number of nitrogens with zero attached hydrogens (tertiary/aromatic N) is 4. The van der Waals surface area contributed by atoms with Gasteiger partial charge in [-0.15, -0.1) is 0 Å². The summed E-state index contributed by atoms with van der Waals surface area (Å²) >= 11 is 1.31. The molecule has 1 aliphatic rings. The molecule has 128 valence electrons. The van der Waals surface area contributed by atoms with Crippen molar-refractivity contribution >= 4 is 34.1 Å². The van der Waals surface area contributed by atoms with E-state index >= 15 is 0 Å². The van der Waals surface area contributed by atoms with E-state index in [4.69, 9.17) is 5.73 Å². The van der Waals surface area contributed by atoms with Crippen molar-refractivity contribution in [2.24, 2.45) is 5.73 Å². The van der Waals surface area contributed by atoms with Crippen molar-refractivity contribution in [3.05, 3.63) is 23.7 Å². The predicted octanol–water partition coefficient (Wildman–Crippen LogP) is 2.85. The molecule has 1 saturated carbocycles. The molecular weight excluding hydrogens is 324 g/mol. The molecule has 1 amide bonds. The predicted molar refractivity (Wildman–Crippen MR) is 96.0 cm³/mol. The highest BCUT2D eigenvalue weighted by molar-refractivity contribution is 7.10. The minimum Gasteiger partial charge on any atom is -0.364 e. The molecule has 0 radical (unpaired) electrons. The van der Waals surface area contributed by atoms with Gasteiger partial charge in [0.05, 0.1) is 11.9 Å². The number of carbonyl (C=O) groups is 1. The number of amides is 1. The smallest absolute Gasteiger partial charge is 0.271 e. The van der Waals surface area contributed by atoms with Gasteiger partial charge in [-0.3, -0.25) is 4.79 Å². The van der Waals surface area contributed by atoms with E-state index in [2.05, 4.69) is 24.6 Å². The maximum Gasteiger partial charge on any atom is 0.271 e. The fourth-order valence-electron chi connectivity index (χ4n) is 3.01. The second-order valence-electron chi connectivity index (χ2n) is 6.15. The molecule has 0 aromatic carbocycles. The number of rotatable bonds is 5. The van der Waals surface area contributed by atoms with E-state index in [1.165, 1.54) is 30.8 Å². The van der Waals surface area contributed by atoms with E-state index < -0.39 is 5.91 Å². The molecule has 24 heavy (non-hydrogen) atoms. The number of aromatic nitrogens is 3. The van der Waals surface area contributed by atoms with Gasteiger partial charge in [0, 0.05) is 13.1 Å². The van der Waals surface area contributed by atoms with Gasteiger partial charge in [-0.05, 0) is 37.4 Å². The highest BCUT2D eigenvalue weighted by Gasteiger charge is 2.21. The third-order valence-corrected chi connectivity index (χ3v) is 5.14. The maximum absolute atomic E-state index is 11.7. The van der Waals surface area contributed by atoms with Gasteiger partial charge in [0.2, 0.25) is 0 Å². The lowest BCUT2D eigenvalue weighted by molar-refractivity contribution is 0.0996. The highest BCUT2D eigenvalue weighted by atomic mass is 32.1. The zero-order chi connectivity index (χ0) is 17.1. The number of hydrogen-bond donors (Lipinski definition) is 2. The zero-order valence-electron chi connectivity index (χ0n) is 14.0. The van der Waals surface area contributed by atoms with Gasteiger partial charge in [-0.25, -0.2) is 9.97 Å². The third-order valence-electron chi connectivity index (χ3n) is 4.35. The Morgan fingerprint density at radius 3 is 2.75 bits per heavy atom. The minimum atomic E-state index is -0.599. The molecule has 0 spiro atoms. The molecule has 2 aromatic heterocycles. The molecule has 3 N–H and O–H groups in total. The van der Waals surface area contributed by atoms with Crippen molar-refractivity contribution in [1.82, 2.24) is 14.3 Å². The first kappa shape index (κ1) is 16.6. The molecule has 1 fully saturated rings. The molecule has 0 saturated heterocycles. The summed E-state index contributed by atoms with van der Waals surface area (Å²) in [4.78, 5) is 22.7. The number of anilines is 3. The molecule has 3 rings (SSSR count). The average Bonchev–Trinajstić information content (AvgIpc) is 2.99. The number of carbonyl (C=O) groups excluding carboxylic acids is 1. The van der Waals surface area contributed by atoms with E-state index in [-0.39, 0.29) is 5.69 Å². The van der Waals surface area contributed by atoms with Gasteiger partial charge < -0.3 is 16.0 Å². The van der Waals surface area contributed by atoms with Crippen LogP contribution in [0.3, 0.4) is 0 Å². The van der Waals surface area contributed by atoms with Crippen molar-refractivity contribution in [3.8, 4) is 0 Å². The van der Waals surface area contributed by atoms with E-state index in [1.54, 1.807) is 6.20 Å². The lowest BCUT2D eigenvalue weighted by atomic mass is 9.94. The van der Waals surface area contributed by atoms with Gasteiger partial charge in [0.25, 0.3) is 5.91 Å². The highest BCUT2D eigenvalue weighted by Crippen LogP contribution is 2.27. The monoisotopic (exact) mass is 346 g/mol. The van der Waals surface area contributed by atoms with E-state index in [1.807, 2.05) is 20.0 Å². The molecule has 2 aromatic rings. The van der Waals surface area contributed by atoms with Crippen LogP contribution in [0.25, 0.3) is 0 Å². The fraction of sp³-hybridized carbons (Fsp3) is 0.500. The lowest BCUT2D eigenvalue weighted by Crippen LogP contribution is -2.34. The number of nitrogens with two attached hydrogens (primary N) is 1. The largest absolute Gasteiger partial charge is 0.364 e. The van der Waals surface area contributed by atoms with Crippen LogP contribution in [0.2, 0.25) is 0 Å². The summed E-state index contributed by atoms with van der Waals surface area (Å²) in [7, 11) is 2.03. The third kappa shape index (κ3) is 3.64. The molecule has 8 heteroatoms. The molecule has 7 nitrogen and oxygen atoms in total. The molecular formula is C16H22N6OS. The maximum atomic E-state index is 11.7. The molecule has 0 bridgehead atoms. The first-order valence-corrected chi connectivity index (χ1v) is 8.92. The Morgan fingerprint density at radius 1 is 1.38 bits per heavy atom. The Kier molecular flexibility index (Phi) is 4.94. The molecule has 1 aliphatic carbocycles. The minimum absolute atomic E-state index is 0.141. The van der Waals surface area contributed by atoms with Crippen molar-refractivity contribution in [2.75, 3.05) is 17.3 Å². The summed E-state index contributed by atoms with van der Waals surface area (Å²) < 4.78 is 4.22. The number of aryl methyl sites for hydroxylation is 1. The van der Waals surface area contributed by atoms with Crippen LogP contribution in [-0.4, -0.2) is 33.3 Å². The zero-order valence-corrected chi connectivity index (χ0v) is 14.8. The van der Waals surface area contributed by atoms with E-state index in [9.17, 15) is 4.79 Å². The van der Waals surface area contributed by atoms with Crippen molar-refractivity contribution in [2.45, 2.75) is 45.1 Å². The summed E-state index contributed by atoms with van der Waals surface area (Å²) in [6.07, 6.45) is 7.73. The Bertz CT molecular complexity index is 725. The Hall–Kier alpha value is -2.22. The van der Waals surface area contributed by atoms with Crippen LogP contribution in [0.15, 0.2) is 12.3 Å². The van der Waals surface area contributed by atoms with Crippen LogP contribution >= 0.6 is 11.5 Å². The normalized spacial score (nSPS) is 15.2. The second kappa shape index (κ2) is 7.12. The number of hydrogen-bond acceptors (Lipinski definition) is 7. The van der Waals surface area contributed by atoms with E-state index in [0.29, 0.717) is 11.9 Å². The van der Waals surface area contributed by atoms with Crippen LogP contribution < -0.4 is 16.0 Å². The van der Waals surface area contributed by atoms with Crippen LogP contribution in [0.5, 0.6) is 0 Å². The molecule has 2 heterocycles. The van der Waals surface area contributed by atoms with Crippen molar-refractivity contribution in [3.63, 3.8) is 0 Å². The summed E-state index contributed by atoms with van der Waals surface area (Å²) in [6, 6.07) is 2.36. The first-order chi connectivity index (χ1) is 11.5. The van der Waals surface area contributed by atoms with Crippen molar-refractivity contribution in [1.29, 1.82) is 0 Å². The van der Waals surface area contributed by atoms with E-state index in [0.717, 1.165) is 29.4 Å². The summed E-state index contributed by atoms with van der Waals surface area (Å²) in [5.41, 5.74) is 6.48. The van der Waals surface area contributed by atoms with Crippen LogP contribution in [0.1, 0.15) is 48.3 Å². The van der Waals surface area contributed by atoms with Gasteiger partial charge in [-0.1, -0.05) is 19.3 Å². The van der Waals surface area contributed by atoms with Crippen molar-refractivity contribution < 1.29 is 4.79 Å². The SMILES string of the molecule is Cc1cc(Nc2nc(N(C)C3CCCCC3)cnc2C(N)=O)sn1. The summed E-state index contributed by atoms with van der Waals surface area (Å²) in [6.45, 7) is 1.91. The Labute approximate surface area is 145 Å². The molecule has 0 unspecified atom stereocenters. The second-order valence-corrected chi connectivity index (χ2v) is 6.95. The lowest BCUT2D eigenvalue weighted by Gasteiger charge is -2.32. The van der Waals surface area contributed by atoms with Gasteiger partial charge in [-0.2, -0.15) is 4.37 Å². The van der Waals surface area contributed by atoms with Crippen LogP contribution in [0.4, 0.5) is 16.6 Å². The quantitative estimate of drug-likeness (QED) is 0.864.